The maximum absolute atomic E-state index is 13.0. The van der Waals surface area contributed by atoms with Gasteiger partial charge in [-0.3, -0.25) is 0 Å². The SMILES string of the molecule is C=CC(=O)OCCCCOC(=O)Oc1ccc(C(=O)Oc2ccc3nc(-c4ccc(OC(=O)c5ccc(OC(=O)OCCCCOC(=O)C=C)cc5)c(Cl)c4)oc(=O)c3c2)cc1. The molecule has 1 heterocycles. The standard InChI is InChI=1S/C44H36ClNO16/c1-3-37(47)54-21-5-7-23-56-43(52)59-30-14-9-27(10-15-30)40(49)58-32-18-19-35-33(26-32)42(51)62-39(46-35)29-13-20-36(34(45)25-29)61-41(50)28-11-16-31(17-12-28)60-44(53)57-24-8-6-22-55-38(48)4-2/h3-4,9-20,25-26H,1-2,5-8,21-24H2. The summed E-state index contributed by atoms with van der Waals surface area (Å²) in [4.78, 5) is 89.1. The van der Waals surface area contributed by atoms with Gasteiger partial charge in [0.2, 0.25) is 5.89 Å². The molecule has 0 saturated heterocycles. The fourth-order valence-electron chi connectivity index (χ4n) is 5.03. The van der Waals surface area contributed by atoms with Crippen molar-refractivity contribution in [3.05, 3.63) is 137 Å². The Labute approximate surface area is 357 Å². The predicted molar refractivity (Wildman–Crippen MR) is 218 cm³/mol. The second kappa shape index (κ2) is 22.5. The Balaban J connectivity index is 1.10. The minimum Gasteiger partial charge on any atom is -0.463 e. The van der Waals surface area contributed by atoms with Crippen molar-refractivity contribution in [3.8, 4) is 34.5 Å². The van der Waals surface area contributed by atoms with Gasteiger partial charge in [0.15, 0.2) is 0 Å². The summed E-state index contributed by atoms with van der Waals surface area (Å²) in [5, 5.41) is 0.0194. The van der Waals surface area contributed by atoms with Gasteiger partial charge in [-0.25, -0.2) is 38.5 Å². The summed E-state index contributed by atoms with van der Waals surface area (Å²) in [5.41, 5.74) is -0.0474. The van der Waals surface area contributed by atoms with Crippen LogP contribution in [0.5, 0.6) is 23.0 Å². The molecule has 0 bridgehead atoms. The van der Waals surface area contributed by atoms with Crippen LogP contribution in [0.4, 0.5) is 9.59 Å². The summed E-state index contributed by atoms with van der Waals surface area (Å²) in [6, 6.07) is 19.4. The second-order valence-electron chi connectivity index (χ2n) is 12.5. The van der Waals surface area contributed by atoms with Gasteiger partial charge in [0, 0.05) is 17.7 Å². The van der Waals surface area contributed by atoms with Crippen LogP contribution in [-0.2, 0) is 28.5 Å². The lowest BCUT2D eigenvalue weighted by molar-refractivity contribution is -0.138. The van der Waals surface area contributed by atoms with Gasteiger partial charge in [0.1, 0.15) is 23.0 Å². The van der Waals surface area contributed by atoms with Crippen molar-refractivity contribution in [2.75, 3.05) is 26.4 Å². The van der Waals surface area contributed by atoms with E-state index in [4.69, 9.17) is 53.9 Å². The van der Waals surface area contributed by atoms with Gasteiger partial charge >= 0.3 is 41.8 Å². The Bertz CT molecular complexity index is 2510. The van der Waals surface area contributed by atoms with Crippen LogP contribution >= 0.6 is 11.6 Å². The summed E-state index contributed by atoms with van der Waals surface area (Å²) in [7, 11) is 0. The molecule has 0 unspecified atom stereocenters. The zero-order chi connectivity index (χ0) is 44.4. The van der Waals surface area contributed by atoms with Gasteiger partial charge in [0.05, 0.1) is 53.5 Å². The minimum absolute atomic E-state index is 0.00109. The van der Waals surface area contributed by atoms with Gasteiger partial charge in [-0.15, -0.1) is 0 Å². The number of hydrogen-bond donors (Lipinski definition) is 0. The van der Waals surface area contributed by atoms with E-state index < -0.39 is 41.8 Å². The van der Waals surface area contributed by atoms with Gasteiger partial charge in [-0.1, -0.05) is 24.8 Å². The Morgan fingerprint density at radius 2 is 1.06 bits per heavy atom. The van der Waals surface area contributed by atoms with E-state index in [0.29, 0.717) is 31.2 Å². The summed E-state index contributed by atoms with van der Waals surface area (Å²) < 4.78 is 46.1. The third-order valence-electron chi connectivity index (χ3n) is 8.11. The number of ether oxygens (including phenoxy) is 8. The van der Waals surface area contributed by atoms with E-state index in [-0.39, 0.29) is 82.4 Å². The van der Waals surface area contributed by atoms with Crippen molar-refractivity contribution >= 4 is 58.7 Å². The van der Waals surface area contributed by atoms with Crippen molar-refractivity contribution < 1.29 is 71.1 Å². The highest BCUT2D eigenvalue weighted by atomic mass is 35.5. The van der Waals surface area contributed by atoms with Crippen LogP contribution in [0.15, 0.2) is 119 Å². The van der Waals surface area contributed by atoms with Gasteiger partial charge in [-0.05, 0) is 111 Å². The normalized spacial score (nSPS) is 10.5. The summed E-state index contributed by atoms with van der Waals surface area (Å²) in [6.07, 6.45) is 2.02. The molecule has 0 N–H and O–H groups in total. The molecule has 0 spiro atoms. The first-order valence-electron chi connectivity index (χ1n) is 18.6. The molecule has 5 rings (SSSR count). The van der Waals surface area contributed by atoms with Crippen molar-refractivity contribution in [1.29, 1.82) is 0 Å². The topological polar surface area (TPSA) is 219 Å². The van der Waals surface area contributed by atoms with Crippen LogP contribution < -0.4 is 24.6 Å². The van der Waals surface area contributed by atoms with Crippen LogP contribution in [0.3, 0.4) is 0 Å². The highest BCUT2D eigenvalue weighted by Gasteiger charge is 2.17. The fourth-order valence-corrected chi connectivity index (χ4v) is 5.25. The van der Waals surface area contributed by atoms with Crippen LogP contribution in [0, 0.1) is 0 Å². The minimum atomic E-state index is -0.955. The summed E-state index contributed by atoms with van der Waals surface area (Å²) >= 11 is 6.42. The van der Waals surface area contributed by atoms with Gasteiger partial charge < -0.3 is 42.3 Å². The maximum Gasteiger partial charge on any atom is 0.513 e. The number of aromatic nitrogens is 1. The summed E-state index contributed by atoms with van der Waals surface area (Å²) in [6.45, 7) is 7.00. The molecule has 0 saturated carbocycles. The number of hydrogen-bond acceptors (Lipinski definition) is 17. The van der Waals surface area contributed by atoms with E-state index in [2.05, 4.69) is 18.1 Å². The van der Waals surface area contributed by atoms with Crippen LogP contribution in [0.25, 0.3) is 22.4 Å². The largest absolute Gasteiger partial charge is 0.513 e. The Kier molecular flexibility index (Phi) is 16.5. The Morgan fingerprint density at radius 3 is 1.56 bits per heavy atom. The average Bonchev–Trinajstić information content (AvgIpc) is 3.27. The van der Waals surface area contributed by atoms with Crippen LogP contribution in [0.2, 0.25) is 5.02 Å². The third kappa shape index (κ3) is 13.6. The fraction of sp³-hybridized carbons (Fsp3) is 0.182. The third-order valence-corrected chi connectivity index (χ3v) is 8.41. The molecule has 62 heavy (non-hydrogen) atoms. The number of carbonyl (C=O) groups is 6. The summed E-state index contributed by atoms with van der Waals surface area (Å²) in [5.74, 6) is -2.44. The zero-order valence-corrected chi connectivity index (χ0v) is 33.4. The number of esters is 4. The van der Waals surface area contributed by atoms with E-state index >= 15 is 0 Å². The number of unbranched alkanes of at least 4 members (excludes halogenated alkanes) is 2. The second-order valence-corrected chi connectivity index (χ2v) is 12.9. The van der Waals surface area contributed by atoms with Gasteiger partial charge in [0.25, 0.3) is 0 Å². The van der Waals surface area contributed by atoms with Crippen molar-refractivity contribution in [3.63, 3.8) is 0 Å². The first-order chi connectivity index (χ1) is 29.9. The van der Waals surface area contributed by atoms with Crippen LogP contribution in [-0.4, -0.2) is 67.6 Å². The quantitative estimate of drug-likeness (QED) is 0.0192. The molecule has 17 nitrogen and oxygen atoms in total. The van der Waals surface area contributed by atoms with Crippen molar-refractivity contribution in [2.24, 2.45) is 0 Å². The van der Waals surface area contributed by atoms with E-state index in [9.17, 15) is 33.6 Å². The van der Waals surface area contributed by atoms with E-state index in [0.717, 1.165) is 12.2 Å². The lowest BCUT2D eigenvalue weighted by Crippen LogP contribution is -2.13. The number of nitrogens with zero attached hydrogens (tertiary/aromatic N) is 1. The van der Waals surface area contributed by atoms with Gasteiger partial charge in [-0.2, -0.15) is 0 Å². The molecular weight excluding hydrogens is 834 g/mol. The maximum atomic E-state index is 13.0. The molecule has 1 aromatic heterocycles. The Hall–Kier alpha value is -7.79. The molecule has 320 valence electrons. The first-order valence-corrected chi connectivity index (χ1v) is 19.0. The molecule has 0 aliphatic rings. The number of rotatable bonds is 19. The first kappa shape index (κ1) is 45.3. The smallest absolute Gasteiger partial charge is 0.463 e. The number of benzene rings is 4. The zero-order valence-electron chi connectivity index (χ0n) is 32.7. The van der Waals surface area contributed by atoms with E-state index in [1.54, 1.807) is 0 Å². The molecule has 0 aliphatic heterocycles. The molecule has 0 radical (unpaired) electrons. The monoisotopic (exact) mass is 869 g/mol. The molecule has 0 atom stereocenters. The predicted octanol–water partition coefficient (Wildman–Crippen LogP) is 8.00. The molecule has 0 amide bonds. The molecule has 4 aromatic carbocycles. The average molecular weight is 870 g/mol. The number of halogens is 1. The highest BCUT2D eigenvalue weighted by Crippen LogP contribution is 2.31. The lowest BCUT2D eigenvalue weighted by atomic mass is 10.2. The molecule has 18 heteroatoms. The van der Waals surface area contributed by atoms with Crippen molar-refractivity contribution in [2.45, 2.75) is 25.7 Å². The Morgan fingerprint density at radius 1 is 0.581 bits per heavy atom. The molecule has 5 aromatic rings. The molecule has 0 fully saturated rings. The van der Waals surface area contributed by atoms with E-state index in [1.807, 2.05) is 0 Å². The molecular formula is C44H36ClNO16. The number of carbonyl (C=O) groups excluding carboxylic acids is 6. The lowest BCUT2D eigenvalue weighted by Gasteiger charge is -2.09. The highest BCUT2D eigenvalue weighted by molar-refractivity contribution is 6.32. The van der Waals surface area contributed by atoms with Crippen molar-refractivity contribution in [1.82, 2.24) is 4.98 Å². The number of fused-ring (bicyclic) bond motifs is 1. The van der Waals surface area contributed by atoms with E-state index in [1.165, 1.54) is 84.9 Å². The van der Waals surface area contributed by atoms with Crippen LogP contribution in [0.1, 0.15) is 46.4 Å². The molecule has 0 aliphatic carbocycles.